The molecule has 2 aromatic rings. The molecule has 0 aliphatic carbocycles. The molecule has 4 heteroatoms. The standard InChI is InChI=1S/C7H9NO.C7H7NO/c2*1-6-2-3-7(5-9)4-8-6/h2-4,9H,5H2,1H3;2-5H,1H3/i2*1D3. The molecule has 2 heterocycles. The maximum Gasteiger partial charge on any atom is 0.151 e. The van der Waals surface area contributed by atoms with Crippen molar-refractivity contribution in [3.05, 3.63) is 59.2 Å². The zero-order valence-corrected chi connectivity index (χ0v) is 9.50. The molecule has 18 heavy (non-hydrogen) atoms. The average Bonchev–Trinajstić information content (AvgIpc) is 2.54. The van der Waals surface area contributed by atoms with Crippen LogP contribution in [0, 0.1) is 13.7 Å². The zero-order valence-electron chi connectivity index (χ0n) is 15.5. The van der Waals surface area contributed by atoms with E-state index in [0.29, 0.717) is 17.4 Å². The monoisotopic (exact) mass is 250 g/mol. The third kappa shape index (κ3) is 4.84. The van der Waals surface area contributed by atoms with E-state index in [1.165, 1.54) is 30.6 Å². The molecule has 0 aliphatic rings. The summed E-state index contributed by atoms with van der Waals surface area (Å²) in [4.78, 5) is 17.5. The van der Waals surface area contributed by atoms with Crippen LogP contribution in [0.1, 0.15) is 35.5 Å². The van der Waals surface area contributed by atoms with Gasteiger partial charge >= 0.3 is 0 Å². The van der Waals surface area contributed by atoms with Gasteiger partial charge in [-0.3, -0.25) is 14.8 Å². The molecule has 0 fully saturated rings. The Bertz CT molecular complexity index is 651. The molecule has 4 nitrogen and oxygen atoms in total. The van der Waals surface area contributed by atoms with Crippen molar-refractivity contribution in [2.45, 2.75) is 20.3 Å². The van der Waals surface area contributed by atoms with Gasteiger partial charge in [-0.1, -0.05) is 6.07 Å². The average molecular weight is 250 g/mol. The molecule has 94 valence electrons. The minimum atomic E-state index is -2.19. The predicted molar refractivity (Wildman–Crippen MR) is 69.3 cm³/mol. The summed E-state index contributed by atoms with van der Waals surface area (Å²) in [6.07, 6.45) is 3.23. The van der Waals surface area contributed by atoms with Gasteiger partial charge in [0.15, 0.2) is 6.29 Å². The quantitative estimate of drug-likeness (QED) is 0.829. The molecular formula is C14H16N2O2. The molecule has 0 atom stereocenters. The van der Waals surface area contributed by atoms with Crippen molar-refractivity contribution in [1.29, 1.82) is 0 Å². The highest BCUT2D eigenvalue weighted by atomic mass is 16.3. The fraction of sp³-hybridized carbons (Fsp3) is 0.214. The van der Waals surface area contributed by atoms with E-state index in [4.69, 9.17) is 13.3 Å². The van der Waals surface area contributed by atoms with E-state index in [0.717, 1.165) is 0 Å². The van der Waals surface area contributed by atoms with Crippen molar-refractivity contribution in [3.8, 4) is 0 Å². The molecule has 0 saturated heterocycles. The number of aryl methyl sites for hydroxylation is 2. The molecule has 0 bridgehead atoms. The van der Waals surface area contributed by atoms with Crippen LogP contribution in [0.3, 0.4) is 0 Å². The largest absolute Gasteiger partial charge is 0.392 e. The Labute approximate surface area is 115 Å². The summed E-state index contributed by atoms with van der Waals surface area (Å²) in [6.45, 7) is -4.47. The number of aldehydes is 1. The zero-order chi connectivity index (χ0) is 18.4. The van der Waals surface area contributed by atoms with Gasteiger partial charge in [0.2, 0.25) is 0 Å². The van der Waals surface area contributed by atoms with Crippen molar-refractivity contribution in [3.63, 3.8) is 0 Å². The van der Waals surface area contributed by atoms with Crippen molar-refractivity contribution in [2.24, 2.45) is 0 Å². The Morgan fingerprint density at radius 1 is 1.17 bits per heavy atom. The molecule has 0 saturated carbocycles. The minimum Gasteiger partial charge on any atom is -0.392 e. The number of carbonyl (C=O) groups is 1. The number of hydrogen-bond acceptors (Lipinski definition) is 4. The Morgan fingerprint density at radius 2 is 1.83 bits per heavy atom. The Hall–Kier alpha value is -2.07. The SMILES string of the molecule is [2H]C([2H])([2H])c1ccc(C=O)cn1.[2H]C([2H])([2H])c1ccc(CO)cn1. The molecule has 0 radical (unpaired) electrons. The number of rotatable bonds is 2. The van der Waals surface area contributed by atoms with Crippen LogP contribution in [-0.2, 0) is 6.61 Å². The molecule has 2 aromatic heterocycles. The van der Waals surface area contributed by atoms with Crippen LogP contribution in [0.2, 0.25) is 0 Å². The van der Waals surface area contributed by atoms with Gasteiger partial charge < -0.3 is 5.11 Å². The summed E-state index contributed by atoms with van der Waals surface area (Å²) >= 11 is 0. The van der Waals surface area contributed by atoms with E-state index in [9.17, 15) is 4.79 Å². The third-order valence-electron chi connectivity index (χ3n) is 1.93. The van der Waals surface area contributed by atoms with E-state index in [1.54, 1.807) is 6.07 Å². The summed E-state index contributed by atoms with van der Waals surface area (Å²) in [5.41, 5.74) is 1.05. The van der Waals surface area contributed by atoms with E-state index in [-0.39, 0.29) is 18.0 Å². The Morgan fingerprint density at radius 3 is 2.22 bits per heavy atom. The van der Waals surface area contributed by atoms with E-state index in [2.05, 4.69) is 9.97 Å². The highest BCUT2D eigenvalue weighted by molar-refractivity contribution is 5.73. The van der Waals surface area contributed by atoms with Gasteiger partial charge in [-0.25, -0.2) is 0 Å². The van der Waals surface area contributed by atoms with Gasteiger partial charge in [-0.05, 0) is 37.5 Å². The normalized spacial score (nSPS) is 15.6. The number of aromatic nitrogens is 2. The molecule has 0 unspecified atom stereocenters. The van der Waals surface area contributed by atoms with E-state index < -0.39 is 13.7 Å². The summed E-state index contributed by atoms with van der Waals surface area (Å²) in [6, 6.07) is 5.71. The molecular weight excluding hydrogens is 228 g/mol. The van der Waals surface area contributed by atoms with Gasteiger partial charge in [-0.15, -0.1) is 0 Å². The van der Waals surface area contributed by atoms with Crippen LogP contribution in [0.25, 0.3) is 0 Å². The van der Waals surface area contributed by atoms with Gasteiger partial charge in [0.1, 0.15) is 0 Å². The molecule has 0 spiro atoms. The van der Waals surface area contributed by atoms with Crippen molar-refractivity contribution >= 4 is 6.29 Å². The molecule has 2 rings (SSSR count). The Kier molecular flexibility index (Phi) is 2.99. The van der Waals surface area contributed by atoms with Crippen LogP contribution in [0.4, 0.5) is 0 Å². The predicted octanol–water partition coefficient (Wildman–Crippen LogP) is 2.08. The molecule has 0 aliphatic heterocycles. The lowest BCUT2D eigenvalue weighted by Crippen LogP contribution is -1.85. The van der Waals surface area contributed by atoms with Gasteiger partial charge in [0, 0.05) is 37.6 Å². The van der Waals surface area contributed by atoms with Crippen LogP contribution < -0.4 is 0 Å². The van der Waals surface area contributed by atoms with Gasteiger partial charge in [0.25, 0.3) is 0 Å². The van der Waals surface area contributed by atoms with Crippen LogP contribution in [0.5, 0.6) is 0 Å². The second-order valence-corrected chi connectivity index (χ2v) is 3.30. The van der Waals surface area contributed by atoms with Crippen molar-refractivity contribution < 1.29 is 18.1 Å². The van der Waals surface area contributed by atoms with Gasteiger partial charge in [-0.2, -0.15) is 0 Å². The van der Waals surface area contributed by atoms with Crippen LogP contribution >= 0.6 is 0 Å². The number of nitrogens with zero attached hydrogens (tertiary/aromatic N) is 2. The lowest BCUT2D eigenvalue weighted by atomic mass is 10.3. The first-order chi connectivity index (χ1) is 11.1. The van der Waals surface area contributed by atoms with Crippen molar-refractivity contribution in [2.75, 3.05) is 0 Å². The molecule has 0 amide bonds. The lowest BCUT2D eigenvalue weighted by molar-refractivity contribution is 0.112. The second-order valence-electron chi connectivity index (χ2n) is 3.30. The number of pyridine rings is 2. The number of aliphatic hydroxyl groups excluding tert-OH is 1. The van der Waals surface area contributed by atoms with Crippen LogP contribution in [-0.4, -0.2) is 21.4 Å². The summed E-state index contributed by atoms with van der Waals surface area (Å²) in [5.74, 6) is 0. The van der Waals surface area contributed by atoms with E-state index >= 15 is 0 Å². The Balaban J connectivity index is 0.000000240. The molecule has 1 N–H and O–H groups in total. The number of hydrogen-bond donors (Lipinski definition) is 1. The first-order valence-electron chi connectivity index (χ1n) is 8.06. The first kappa shape index (κ1) is 7.38. The first-order valence-corrected chi connectivity index (χ1v) is 5.06. The maximum atomic E-state index is 10.2. The summed E-state index contributed by atoms with van der Waals surface area (Å²) in [7, 11) is 0. The van der Waals surface area contributed by atoms with Crippen LogP contribution in [0.15, 0.2) is 36.7 Å². The highest BCUT2D eigenvalue weighted by Gasteiger charge is 1.87. The molecule has 0 aromatic carbocycles. The third-order valence-corrected chi connectivity index (χ3v) is 1.93. The lowest BCUT2D eigenvalue weighted by Gasteiger charge is -1.93. The second kappa shape index (κ2) is 7.29. The topological polar surface area (TPSA) is 63.1 Å². The summed E-state index contributed by atoms with van der Waals surface area (Å²) < 4.78 is 42.0. The van der Waals surface area contributed by atoms with Gasteiger partial charge in [0.05, 0.1) is 6.61 Å². The smallest absolute Gasteiger partial charge is 0.151 e. The number of carbonyl (C=O) groups excluding carboxylic acids is 1. The fourth-order valence-electron chi connectivity index (χ4n) is 0.993. The van der Waals surface area contributed by atoms with Crippen molar-refractivity contribution in [1.82, 2.24) is 9.97 Å². The minimum absolute atomic E-state index is 0.00750. The fourth-order valence-corrected chi connectivity index (χ4v) is 0.993. The van der Waals surface area contributed by atoms with E-state index in [1.807, 2.05) is 0 Å². The summed E-state index contributed by atoms with van der Waals surface area (Å²) in [5, 5.41) is 8.65. The number of aliphatic hydroxyl groups is 1. The maximum absolute atomic E-state index is 10.2. The highest BCUT2D eigenvalue weighted by Crippen LogP contribution is 1.97.